The molecule has 0 saturated carbocycles. The Morgan fingerprint density at radius 2 is 1.81 bits per heavy atom. The van der Waals surface area contributed by atoms with Gasteiger partial charge < -0.3 is 9.84 Å². The van der Waals surface area contributed by atoms with Crippen LogP contribution in [-0.4, -0.2) is 32.3 Å². The fraction of sp³-hybridized carbons (Fsp3) is 0.118. The largest absolute Gasteiger partial charge is 0.506 e. The van der Waals surface area contributed by atoms with Gasteiger partial charge in [-0.25, -0.2) is 4.98 Å². The average Bonchev–Trinajstić information content (AvgIpc) is 2.74. The van der Waals surface area contributed by atoms with Crippen LogP contribution in [0.25, 0.3) is 11.3 Å². The molecule has 140 valence electrons. The highest BCUT2D eigenvalue weighted by atomic mass is 79.9. The van der Waals surface area contributed by atoms with Crippen LogP contribution in [0.3, 0.4) is 0 Å². The topological polar surface area (TPSA) is 68.1 Å². The molecule has 27 heavy (non-hydrogen) atoms. The summed E-state index contributed by atoms with van der Waals surface area (Å²) in [6.45, 7) is 0.119. The van der Waals surface area contributed by atoms with E-state index in [0.29, 0.717) is 30.3 Å². The zero-order valence-corrected chi connectivity index (χ0v) is 18.8. The summed E-state index contributed by atoms with van der Waals surface area (Å²) in [7, 11) is 0. The second-order valence-corrected chi connectivity index (χ2v) is 8.44. The molecule has 0 saturated heterocycles. The Morgan fingerprint density at radius 1 is 1.11 bits per heavy atom. The van der Waals surface area contributed by atoms with Gasteiger partial charge in [0.2, 0.25) is 0 Å². The first kappa shape index (κ1) is 20.6. The summed E-state index contributed by atoms with van der Waals surface area (Å²) in [6.07, 6.45) is 6.53. The predicted octanol–water partition coefficient (Wildman–Crippen LogP) is 5.94. The highest BCUT2D eigenvalue weighted by molar-refractivity contribution is 9.11. The fourth-order valence-electron chi connectivity index (χ4n) is 2.17. The molecule has 1 aliphatic rings. The van der Waals surface area contributed by atoms with Gasteiger partial charge in [-0.05, 0) is 56.1 Å². The quantitative estimate of drug-likeness (QED) is 0.474. The number of phenols is 1. The number of aromatic hydroxyl groups is 1. The van der Waals surface area contributed by atoms with Crippen molar-refractivity contribution in [3.05, 3.63) is 61.1 Å². The Kier molecular flexibility index (Phi) is 6.81. The third-order valence-corrected chi connectivity index (χ3v) is 5.51. The molecule has 1 N–H and O–H groups in total. The van der Waals surface area contributed by atoms with Crippen LogP contribution in [0.1, 0.15) is 0 Å². The minimum Gasteiger partial charge on any atom is -0.506 e. The molecule has 1 unspecified atom stereocenters. The van der Waals surface area contributed by atoms with Crippen LogP contribution in [0, 0.1) is 0 Å². The normalized spacial score (nSPS) is 16.9. The molecule has 1 aromatic carbocycles. The van der Waals surface area contributed by atoms with E-state index in [-0.39, 0.29) is 18.4 Å². The summed E-state index contributed by atoms with van der Waals surface area (Å²) in [6, 6.07) is 3.52. The molecule has 0 radical (unpaired) electrons. The Morgan fingerprint density at radius 3 is 2.44 bits per heavy atom. The molecule has 5 nitrogen and oxygen atoms in total. The lowest BCUT2D eigenvalue weighted by atomic mass is 10.1. The molecule has 1 atom stereocenters. The van der Waals surface area contributed by atoms with Crippen LogP contribution < -0.4 is 4.74 Å². The Balaban J connectivity index is 1.73. The molecule has 2 aromatic rings. The van der Waals surface area contributed by atoms with Crippen molar-refractivity contribution >= 4 is 66.7 Å². The number of nitrogens with zero attached hydrogens (tertiary/aromatic N) is 3. The van der Waals surface area contributed by atoms with Gasteiger partial charge in [-0.1, -0.05) is 34.4 Å². The lowest BCUT2D eigenvalue weighted by molar-refractivity contribution is 0.321. The van der Waals surface area contributed by atoms with Gasteiger partial charge in [0, 0.05) is 21.2 Å². The maximum Gasteiger partial charge on any atom is 0.336 e. The van der Waals surface area contributed by atoms with Crippen molar-refractivity contribution in [2.75, 3.05) is 6.61 Å². The van der Waals surface area contributed by atoms with Crippen molar-refractivity contribution in [1.82, 2.24) is 15.2 Å². The third kappa shape index (κ3) is 5.23. The molecule has 1 aliphatic carbocycles. The van der Waals surface area contributed by atoms with Crippen LogP contribution in [0.4, 0.5) is 0 Å². The molecule has 0 amide bonds. The standard InChI is InChI=1S/C17H10Br2Cl3N3O2/c18-12-2-8(3-13(19)16(12)26)15-6-23-17(25-24-15)27-7-9-1-10(20)4-11(21)5-14(9)22/h1-6,10,26H,7H2. The monoisotopic (exact) mass is 551 g/mol. The van der Waals surface area contributed by atoms with E-state index in [1.807, 2.05) is 0 Å². The van der Waals surface area contributed by atoms with Crippen LogP contribution in [-0.2, 0) is 0 Å². The number of aromatic nitrogens is 3. The van der Waals surface area contributed by atoms with Crippen molar-refractivity contribution in [3.8, 4) is 23.0 Å². The average molecular weight is 554 g/mol. The van der Waals surface area contributed by atoms with Crippen molar-refractivity contribution in [2.24, 2.45) is 0 Å². The summed E-state index contributed by atoms with van der Waals surface area (Å²) in [4.78, 5) is 4.15. The number of ether oxygens (including phenoxy) is 1. The smallest absolute Gasteiger partial charge is 0.336 e. The maximum atomic E-state index is 9.78. The van der Waals surface area contributed by atoms with Gasteiger partial charge >= 0.3 is 6.01 Å². The predicted molar refractivity (Wildman–Crippen MR) is 113 cm³/mol. The van der Waals surface area contributed by atoms with Gasteiger partial charge in [0.15, 0.2) is 0 Å². The Labute approximate surface area is 187 Å². The van der Waals surface area contributed by atoms with Crippen molar-refractivity contribution in [1.29, 1.82) is 0 Å². The van der Waals surface area contributed by atoms with Crippen LogP contribution >= 0.6 is 66.7 Å². The van der Waals surface area contributed by atoms with Crippen molar-refractivity contribution < 1.29 is 9.84 Å². The highest BCUT2D eigenvalue weighted by Gasteiger charge is 2.13. The number of phenolic OH excluding ortho intramolecular Hbond substituents is 1. The van der Waals surface area contributed by atoms with Crippen LogP contribution in [0.15, 0.2) is 61.1 Å². The molecule has 0 spiro atoms. The second kappa shape index (κ2) is 8.92. The van der Waals surface area contributed by atoms with Gasteiger partial charge in [-0.2, -0.15) is 0 Å². The minimum atomic E-state index is -0.392. The summed E-state index contributed by atoms with van der Waals surface area (Å²) in [5, 5.41) is 18.4. The SMILES string of the molecule is Oc1c(Br)cc(-c2cnc(OCC3=CC(Cl)C=C(Cl)C=C3Cl)nn2)cc1Br. The van der Waals surface area contributed by atoms with Crippen molar-refractivity contribution in [2.45, 2.75) is 5.38 Å². The molecular weight excluding hydrogens is 544 g/mol. The van der Waals surface area contributed by atoms with Gasteiger partial charge in [0.1, 0.15) is 18.1 Å². The molecule has 1 heterocycles. The van der Waals surface area contributed by atoms with Gasteiger partial charge in [0.05, 0.1) is 20.5 Å². The van der Waals surface area contributed by atoms with Crippen LogP contribution in [0.5, 0.6) is 11.8 Å². The van der Waals surface area contributed by atoms with Gasteiger partial charge in [-0.3, -0.25) is 0 Å². The summed E-state index contributed by atoms with van der Waals surface area (Å²) < 4.78 is 6.60. The Bertz CT molecular complexity index is 939. The van der Waals surface area contributed by atoms with E-state index in [1.165, 1.54) is 6.20 Å². The zero-order chi connectivity index (χ0) is 19.6. The zero-order valence-electron chi connectivity index (χ0n) is 13.3. The Hall–Kier alpha value is -1.12. The molecule has 0 aliphatic heterocycles. The molecule has 0 fully saturated rings. The number of hydrogen-bond acceptors (Lipinski definition) is 5. The summed E-state index contributed by atoms with van der Waals surface area (Å²) >= 11 is 24.9. The highest BCUT2D eigenvalue weighted by Crippen LogP contribution is 2.36. The number of rotatable bonds is 4. The van der Waals surface area contributed by atoms with E-state index in [2.05, 4.69) is 47.0 Å². The molecule has 3 rings (SSSR count). The lowest BCUT2D eigenvalue weighted by Gasteiger charge is -2.08. The van der Waals surface area contributed by atoms with Gasteiger partial charge in [0.25, 0.3) is 0 Å². The first-order chi connectivity index (χ1) is 12.8. The minimum absolute atomic E-state index is 0.0930. The maximum absolute atomic E-state index is 9.78. The van der Waals surface area contributed by atoms with E-state index in [0.717, 1.165) is 5.56 Å². The summed E-state index contributed by atoms with van der Waals surface area (Å²) in [5.41, 5.74) is 1.91. The number of allylic oxidation sites excluding steroid dienone is 4. The van der Waals surface area contributed by atoms with Gasteiger partial charge in [-0.15, -0.1) is 16.7 Å². The van der Waals surface area contributed by atoms with E-state index in [4.69, 9.17) is 39.5 Å². The van der Waals surface area contributed by atoms with E-state index in [1.54, 1.807) is 30.4 Å². The van der Waals surface area contributed by atoms with E-state index < -0.39 is 5.38 Å². The molecule has 10 heteroatoms. The number of halogens is 5. The number of hydrogen-bond donors (Lipinski definition) is 1. The molecule has 0 bridgehead atoms. The van der Waals surface area contributed by atoms with Crippen LogP contribution in [0.2, 0.25) is 0 Å². The molecular formula is C17H10Br2Cl3N3O2. The first-order valence-corrected chi connectivity index (χ1v) is 10.2. The van der Waals surface area contributed by atoms with E-state index >= 15 is 0 Å². The summed E-state index contributed by atoms with van der Waals surface area (Å²) in [5.74, 6) is 0.105. The number of alkyl halides is 1. The first-order valence-electron chi connectivity index (χ1n) is 7.44. The van der Waals surface area contributed by atoms with Crippen molar-refractivity contribution in [3.63, 3.8) is 0 Å². The van der Waals surface area contributed by atoms with E-state index in [9.17, 15) is 5.11 Å². The third-order valence-electron chi connectivity index (χ3n) is 3.46. The lowest BCUT2D eigenvalue weighted by Crippen LogP contribution is -2.06. The second-order valence-electron chi connectivity index (χ2n) is 5.38. The molecule has 1 aromatic heterocycles. The number of benzene rings is 1. The fourth-order valence-corrected chi connectivity index (χ4v) is 4.24.